The fourth-order valence-corrected chi connectivity index (χ4v) is 2.06. The van der Waals surface area contributed by atoms with E-state index in [0.717, 1.165) is 24.6 Å². The maximum atomic E-state index is 13.3. The quantitative estimate of drug-likeness (QED) is 0.616. The summed E-state index contributed by atoms with van der Waals surface area (Å²) in [6, 6.07) is 4.60. The van der Waals surface area contributed by atoms with Crippen LogP contribution in [0.4, 0.5) is 4.39 Å². The highest BCUT2D eigenvalue weighted by molar-refractivity contribution is 5.41. The first-order valence-corrected chi connectivity index (χ1v) is 7.33. The zero-order valence-corrected chi connectivity index (χ0v) is 12.4. The summed E-state index contributed by atoms with van der Waals surface area (Å²) in [7, 11) is 2.01. The molecule has 0 aliphatic heterocycles. The molecule has 0 atom stereocenters. The average Bonchev–Trinajstić information content (AvgIpc) is 3.28. The molecular formula is C17H22FNO2. The van der Waals surface area contributed by atoms with Gasteiger partial charge in [0.15, 0.2) is 0 Å². The summed E-state index contributed by atoms with van der Waals surface area (Å²) in [4.78, 5) is 2.13. The molecule has 1 fully saturated rings. The summed E-state index contributed by atoms with van der Waals surface area (Å²) in [5, 5.41) is 8.77. The highest BCUT2D eigenvalue weighted by Gasteiger charge is 2.20. The van der Waals surface area contributed by atoms with Crippen LogP contribution >= 0.6 is 0 Å². The number of rotatable bonds is 7. The lowest BCUT2D eigenvalue weighted by molar-refractivity contribution is 0.102. The van der Waals surface area contributed by atoms with Crippen molar-refractivity contribution in [1.29, 1.82) is 0 Å². The lowest BCUT2D eigenvalue weighted by atomic mass is 10.1. The zero-order valence-electron chi connectivity index (χ0n) is 12.4. The Kier molecular flexibility index (Phi) is 6.19. The predicted octanol–water partition coefficient (Wildman–Crippen LogP) is 2.03. The van der Waals surface area contributed by atoms with Crippen molar-refractivity contribution in [3.63, 3.8) is 0 Å². The lowest BCUT2D eigenvalue weighted by Gasteiger charge is -2.17. The van der Waals surface area contributed by atoms with Gasteiger partial charge in [0.2, 0.25) is 0 Å². The van der Waals surface area contributed by atoms with Crippen LogP contribution in [-0.4, -0.2) is 43.4 Å². The Morgan fingerprint density at radius 1 is 1.43 bits per heavy atom. The number of hydrogen-bond acceptors (Lipinski definition) is 3. The lowest BCUT2D eigenvalue weighted by Crippen LogP contribution is -2.23. The van der Waals surface area contributed by atoms with Crippen LogP contribution in [0.5, 0.6) is 0 Å². The van der Waals surface area contributed by atoms with E-state index in [4.69, 9.17) is 9.84 Å². The van der Waals surface area contributed by atoms with Crippen molar-refractivity contribution in [2.45, 2.75) is 19.4 Å². The minimum atomic E-state index is -0.309. The maximum absolute atomic E-state index is 13.3. The monoisotopic (exact) mass is 291 g/mol. The number of hydrogen-bond donors (Lipinski definition) is 1. The number of ether oxygens (including phenoxy) is 1. The molecule has 1 aromatic carbocycles. The third kappa shape index (κ3) is 5.84. The molecule has 0 bridgehead atoms. The van der Waals surface area contributed by atoms with Crippen LogP contribution in [0.15, 0.2) is 18.2 Å². The smallest absolute Gasteiger partial charge is 0.124 e. The van der Waals surface area contributed by atoms with E-state index in [2.05, 4.69) is 16.7 Å². The fourth-order valence-electron chi connectivity index (χ4n) is 2.06. The average molecular weight is 291 g/mol. The Morgan fingerprint density at radius 3 is 2.95 bits per heavy atom. The van der Waals surface area contributed by atoms with Crippen molar-refractivity contribution >= 4 is 0 Å². The highest BCUT2D eigenvalue weighted by atomic mass is 19.1. The van der Waals surface area contributed by atoms with E-state index < -0.39 is 0 Å². The standard InChI is InChI=1S/C17H22FNO2/c1-19(8-10-21-13-14-4-5-14)12-16-6-7-17(18)11-15(16)3-2-9-20/h6-7,11,14,20H,4-5,8-10,12-13H2,1H3. The number of benzene rings is 1. The Bertz CT molecular complexity index is 517. The van der Waals surface area contributed by atoms with Crippen LogP contribution in [0, 0.1) is 23.6 Å². The number of aliphatic hydroxyl groups is 1. The number of likely N-dealkylation sites (N-methyl/N-ethyl adjacent to an activating group) is 1. The van der Waals surface area contributed by atoms with Crippen LogP contribution < -0.4 is 0 Å². The second-order valence-electron chi connectivity index (χ2n) is 5.52. The van der Waals surface area contributed by atoms with E-state index >= 15 is 0 Å². The number of halogens is 1. The van der Waals surface area contributed by atoms with Gasteiger partial charge in [-0.1, -0.05) is 17.9 Å². The van der Waals surface area contributed by atoms with E-state index in [0.29, 0.717) is 18.7 Å². The normalized spacial score (nSPS) is 14.1. The van der Waals surface area contributed by atoms with E-state index in [1.54, 1.807) is 6.07 Å². The summed E-state index contributed by atoms with van der Waals surface area (Å²) in [5.41, 5.74) is 1.59. The van der Waals surface area contributed by atoms with Gasteiger partial charge in [-0.05, 0) is 43.5 Å². The second-order valence-corrected chi connectivity index (χ2v) is 5.52. The molecule has 1 aliphatic carbocycles. The molecular weight excluding hydrogens is 269 g/mol. The largest absolute Gasteiger partial charge is 0.384 e. The van der Waals surface area contributed by atoms with Crippen LogP contribution in [0.3, 0.4) is 0 Å². The van der Waals surface area contributed by atoms with Crippen molar-refractivity contribution in [2.24, 2.45) is 5.92 Å². The van der Waals surface area contributed by atoms with Crippen molar-refractivity contribution in [3.8, 4) is 11.8 Å². The molecule has 0 saturated heterocycles. The molecule has 0 aromatic heterocycles. The molecule has 1 N–H and O–H groups in total. The molecule has 114 valence electrons. The molecule has 3 nitrogen and oxygen atoms in total. The molecule has 0 spiro atoms. The van der Waals surface area contributed by atoms with Gasteiger partial charge in [-0.15, -0.1) is 0 Å². The van der Waals surface area contributed by atoms with E-state index in [1.165, 1.54) is 25.0 Å². The van der Waals surface area contributed by atoms with Gasteiger partial charge in [0.05, 0.1) is 6.61 Å². The third-order valence-corrected chi connectivity index (χ3v) is 3.48. The first-order chi connectivity index (χ1) is 10.2. The van der Waals surface area contributed by atoms with Gasteiger partial charge in [0.1, 0.15) is 12.4 Å². The van der Waals surface area contributed by atoms with Gasteiger partial charge in [-0.3, -0.25) is 4.90 Å². The molecule has 0 radical (unpaired) electrons. The Balaban J connectivity index is 1.84. The summed E-state index contributed by atoms with van der Waals surface area (Å²) in [6.07, 6.45) is 2.61. The van der Waals surface area contributed by atoms with Crippen LogP contribution in [-0.2, 0) is 11.3 Å². The Labute approximate surface area is 125 Å². The van der Waals surface area contributed by atoms with Gasteiger partial charge < -0.3 is 9.84 Å². The van der Waals surface area contributed by atoms with Gasteiger partial charge >= 0.3 is 0 Å². The third-order valence-electron chi connectivity index (χ3n) is 3.48. The maximum Gasteiger partial charge on any atom is 0.124 e. The molecule has 0 heterocycles. The van der Waals surface area contributed by atoms with E-state index in [1.807, 2.05) is 7.05 Å². The molecule has 4 heteroatoms. The van der Waals surface area contributed by atoms with Crippen LogP contribution in [0.2, 0.25) is 0 Å². The second kappa shape index (κ2) is 8.14. The van der Waals surface area contributed by atoms with Crippen LogP contribution in [0.25, 0.3) is 0 Å². The summed E-state index contributed by atoms with van der Waals surface area (Å²) < 4.78 is 18.9. The van der Waals surface area contributed by atoms with Gasteiger partial charge in [0, 0.05) is 25.3 Å². The van der Waals surface area contributed by atoms with Gasteiger partial charge in [0.25, 0.3) is 0 Å². The molecule has 0 amide bonds. The van der Waals surface area contributed by atoms with E-state index in [9.17, 15) is 4.39 Å². The van der Waals surface area contributed by atoms with Crippen molar-refractivity contribution < 1.29 is 14.2 Å². The molecule has 1 aromatic rings. The van der Waals surface area contributed by atoms with Crippen molar-refractivity contribution in [2.75, 3.05) is 33.4 Å². The molecule has 2 rings (SSSR count). The Morgan fingerprint density at radius 2 is 2.24 bits per heavy atom. The van der Waals surface area contributed by atoms with Gasteiger partial charge in [-0.25, -0.2) is 4.39 Å². The minimum Gasteiger partial charge on any atom is -0.384 e. The topological polar surface area (TPSA) is 32.7 Å². The zero-order chi connectivity index (χ0) is 15.1. The fraction of sp³-hybridized carbons (Fsp3) is 0.529. The first kappa shape index (κ1) is 16.0. The summed E-state index contributed by atoms with van der Waals surface area (Å²) in [5.74, 6) is 5.85. The predicted molar refractivity (Wildman–Crippen MR) is 80.2 cm³/mol. The van der Waals surface area contributed by atoms with Crippen molar-refractivity contribution in [3.05, 3.63) is 35.1 Å². The van der Waals surface area contributed by atoms with Crippen LogP contribution in [0.1, 0.15) is 24.0 Å². The highest BCUT2D eigenvalue weighted by Crippen LogP contribution is 2.28. The van der Waals surface area contributed by atoms with E-state index in [-0.39, 0.29) is 12.4 Å². The molecule has 21 heavy (non-hydrogen) atoms. The van der Waals surface area contributed by atoms with Crippen molar-refractivity contribution in [1.82, 2.24) is 4.90 Å². The molecule has 0 unspecified atom stereocenters. The summed E-state index contributed by atoms with van der Waals surface area (Å²) in [6.45, 7) is 2.88. The number of aliphatic hydroxyl groups excluding tert-OH is 1. The Hall–Kier alpha value is -1.41. The molecule has 1 saturated carbocycles. The molecule has 1 aliphatic rings. The summed E-state index contributed by atoms with van der Waals surface area (Å²) >= 11 is 0. The first-order valence-electron chi connectivity index (χ1n) is 7.33. The number of nitrogens with zero attached hydrogens (tertiary/aromatic N) is 1. The van der Waals surface area contributed by atoms with Gasteiger partial charge in [-0.2, -0.15) is 0 Å². The minimum absolute atomic E-state index is 0.221. The SMILES string of the molecule is CN(CCOCC1CC1)Cc1ccc(F)cc1C#CCO.